The monoisotopic (exact) mass is 276 g/mol. The number of carbonyl (C=O) groups is 1. The van der Waals surface area contributed by atoms with E-state index in [9.17, 15) is 14.9 Å². The number of non-ortho nitro benzene ring substituents is 1. The lowest BCUT2D eigenvalue weighted by molar-refractivity contribution is -0.383. The van der Waals surface area contributed by atoms with Crippen LogP contribution in [-0.4, -0.2) is 29.6 Å². The SMILES string of the molecule is CCOC(=O)c1ccnc2c(OC)ccc([N+](=O)[O-])c12. The Morgan fingerprint density at radius 3 is 2.75 bits per heavy atom. The number of benzene rings is 1. The van der Waals surface area contributed by atoms with Crippen LogP contribution >= 0.6 is 0 Å². The average molecular weight is 276 g/mol. The summed E-state index contributed by atoms with van der Waals surface area (Å²) in [5.41, 5.74) is 0.145. The minimum atomic E-state index is -0.628. The summed E-state index contributed by atoms with van der Waals surface area (Å²) in [6, 6.07) is 4.13. The van der Waals surface area contributed by atoms with Crippen LogP contribution in [0.25, 0.3) is 10.9 Å². The van der Waals surface area contributed by atoms with Gasteiger partial charge in [-0.05, 0) is 19.1 Å². The quantitative estimate of drug-likeness (QED) is 0.483. The molecule has 7 heteroatoms. The second kappa shape index (κ2) is 5.52. The number of methoxy groups -OCH3 is 1. The van der Waals surface area contributed by atoms with Crippen LogP contribution in [0.5, 0.6) is 5.75 Å². The van der Waals surface area contributed by atoms with Crippen molar-refractivity contribution in [3.05, 3.63) is 40.1 Å². The van der Waals surface area contributed by atoms with Crippen LogP contribution in [0.2, 0.25) is 0 Å². The Labute approximate surface area is 114 Å². The third-order valence-electron chi connectivity index (χ3n) is 2.75. The number of nitro benzene ring substituents is 1. The van der Waals surface area contributed by atoms with Gasteiger partial charge >= 0.3 is 5.97 Å². The van der Waals surface area contributed by atoms with Gasteiger partial charge in [-0.3, -0.25) is 15.1 Å². The Morgan fingerprint density at radius 2 is 2.15 bits per heavy atom. The van der Waals surface area contributed by atoms with E-state index in [-0.39, 0.29) is 28.8 Å². The molecular weight excluding hydrogens is 264 g/mol. The molecule has 0 aliphatic rings. The molecule has 2 rings (SSSR count). The molecule has 1 aromatic carbocycles. The van der Waals surface area contributed by atoms with Gasteiger partial charge in [-0.1, -0.05) is 0 Å². The first-order chi connectivity index (χ1) is 9.60. The smallest absolute Gasteiger partial charge is 0.339 e. The number of esters is 1. The molecular formula is C13H12N2O5. The first-order valence-corrected chi connectivity index (χ1v) is 5.87. The second-order valence-corrected chi connectivity index (χ2v) is 3.85. The zero-order valence-corrected chi connectivity index (χ0v) is 11.0. The molecule has 0 atom stereocenters. The van der Waals surface area contributed by atoms with Crippen LogP contribution in [0.1, 0.15) is 17.3 Å². The van der Waals surface area contributed by atoms with E-state index in [2.05, 4.69) is 4.98 Å². The van der Waals surface area contributed by atoms with E-state index in [1.165, 1.54) is 31.5 Å². The highest BCUT2D eigenvalue weighted by atomic mass is 16.6. The molecule has 104 valence electrons. The summed E-state index contributed by atoms with van der Waals surface area (Å²) in [5.74, 6) is -0.270. The van der Waals surface area contributed by atoms with Crippen molar-refractivity contribution in [1.82, 2.24) is 4.98 Å². The van der Waals surface area contributed by atoms with Crippen molar-refractivity contribution in [2.75, 3.05) is 13.7 Å². The number of carbonyl (C=O) groups excluding carboxylic acids is 1. The zero-order valence-electron chi connectivity index (χ0n) is 11.0. The minimum absolute atomic E-state index is 0.0995. The summed E-state index contributed by atoms with van der Waals surface area (Å²) in [6.07, 6.45) is 1.39. The van der Waals surface area contributed by atoms with Crippen molar-refractivity contribution in [3.8, 4) is 5.75 Å². The number of nitrogens with zero attached hydrogens (tertiary/aromatic N) is 2. The van der Waals surface area contributed by atoms with Gasteiger partial charge in [0.05, 0.1) is 29.6 Å². The molecule has 0 N–H and O–H groups in total. The van der Waals surface area contributed by atoms with Gasteiger partial charge in [0.2, 0.25) is 0 Å². The van der Waals surface area contributed by atoms with Crippen LogP contribution in [0, 0.1) is 10.1 Å². The summed E-state index contributed by atoms with van der Waals surface area (Å²) in [5, 5.41) is 11.3. The topological polar surface area (TPSA) is 91.6 Å². The lowest BCUT2D eigenvalue weighted by Gasteiger charge is -2.08. The molecule has 0 spiro atoms. The molecule has 1 aromatic heterocycles. The van der Waals surface area contributed by atoms with Gasteiger partial charge < -0.3 is 9.47 Å². The molecule has 0 amide bonds. The molecule has 2 aromatic rings. The second-order valence-electron chi connectivity index (χ2n) is 3.85. The van der Waals surface area contributed by atoms with Crippen molar-refractivity contribution in [2.45, 2.75) is 6.92 Å². The Hall–Kier alpha value is -2.70. The Morgan fingerprint density at radius 1 is 1.40 bits per heavy atom. The van der Waals surface area contributed by atoms with E-state index >= 15 is 0 Å². The fourth-order valence-corrected chi connectivity index (χ4v) is 1.92. The van der Waals surface area contributed by atoms with Crippen molar-refractivity contribution in [2.24, 2.45) is 0 Å². The number of pyridine rings is 1. The molecule has 20 heavy (non-hydrogen) atoms. The van der Waals surface area contributed by atoms with E-state index in [1.54, 1.807) is 6.92 Å². The number of rotatable bonds is 4. The van der Waals surface area contributed by atoms with Gasteiger partial charge in [-0.2, -0.15) is 0 Å². The molecule has 0 aliphatic carbocycles. The molecule has 0 saturated heterocycles. The predicted octanol–water partition coefficient (Wildman–Crippen LogP) is 2.33. The van der Waals surface area contributed by atoms with Crippen molar-refractivity contribution >= 4 is 22.6 Å². The first kappa shape index (κ1) is 13.7. The van der Waals surface area contributed by atoms with Crippen molar-refractivity contribution in [3.63, 3.8) is 0 Å². The molecule has 0 bridgehead atoms. The minimum Gasteiger partial charge on any atom is -0.494 e. The Kier molecular flexibility index (Phi) is 3.79. The van der Waals surface area contributed by atoms with E-state index in [1.807, 2.05) is 0 Å². The number of hydrogen-bond acceptors (Lipinski definition) is 6. The first-order valence-electron chi connectivity index (χ1n) is 5.87. The maximum atomic E-state index is 11.9. The van der Waals surface area contributed by atoms with Gasteiger partial charge in [-0.25, -0.2) is 4.79 Å². The van der Waals surface area contributed by atoms with E-state index in [0.29, 0.717) is 5.75 Å². The van der Waals surface area contributed by atoms with Crippen molar-refractivity contribution in [1.29, 1.82) is 0 Å². The third-order valence-corrected chi connectivity index (χ3v) is 2.75. The Bertz CT molecular complexity index is 684. The molecule has 1 heterocycles. The molecule has 0 aliphatic heterocycles. The number of nitro groups is 1. The maximum Gasteiger partial charge on any atom is 0.339 e. The number of fused-ring (bicyclic) bond motifs is 1. The van der Waals surface area contributed by atoms with Crippen molar-refractivity contribution < 1.29 is 19.2 Å². The van der Waals surface area contributed by atoms with Gasteiger partial charge in [0.15, 0.2) is 0 Å². The fourth-order valence-electron chi connectivity index (χ4n) is 1.92. The lowest BCUT2D eigenvalue weighted by atomic mass is 10.1. The van der Waals surface area contributed by atoms with E-state index in [4.69, 9.17) is 9.47 Å². The molecule has 0 unspecified atom stereocenters. The largest absolute Gasteiger partial charge is 0.494 e. The maximum absolute atomic E-state index is 11.9. The van der Waals surface area contributed by atoms with Gasteiger partial charge in [0, 0.05) is 12.3 Å². The highest BCUT2D eigenvalue weighted by Crippen LogP contribution is 2.33. The van der Waals surface area contributed by atoms with Crippen LogP contribution < -0.4 is 4.74 Å². The van der Waals surface area contributed by atoms with E-state index < -0.39 is 10.9 Å². The Balaban J connectivity index is 2.82. The highest BCUT2D eigenvalue weighted by molar-refractivity contribution is 6.08. The summed E-state index contributed by atoms with van der Waals surface area (Å²) in [6.45, 7) is 1.84. The normalized spacial score (nSPS) is 10.3. The predicted molar refractivity (Wildman–Crippen MR) is 70.9 cm³/mol. The van der Waals surface area contributed by atoms with Crippen LogP contribution in [0.3, 0.4) is 0 Å². The van der Waals surface area contributed by atoms with Gasteiger partial charge in [0.25, 0.3) is 5.69 Å². The average Bonchev–Trinajstić information content (AvgIpc) is 2.45. The van der Waals surface area contributed by atoms with E-state index in [0.717, 1.165) is 0 Å². The summed E-state index contributed by atoms with van der Waals surface area (Å²) < 4.78 is 10.0. The fraction of sp³-hybridized carbons (Fsp3) is 0.231. The van der Waals surface area contributed by atoms with Gasteiger partial charge in [-0.15, -0.1) is 0 Å². The molecule has 0 fully saturated rings. The van der Waals surface area contributed by atoms with Crippen LogP contribution in [-0.2, 0) is 4.74 Å². The third kappa shape index (κ3) is 2.25. The highest BCUT2D eigenvalue weighted by Gasteiger charge is 2.23. The number of ether oxygens (including phenoxy) is 2. The molecule has 7 nitrogen and oxygen atoms in total. The summed E-state index contributed by atoms with van der Waals surface area (Å²) >= 11 is 0. The number of hydrogen-bond donors (Lipinski definition) is 0. The summed E-state index contributed by atoms with van der Waals surface area (Å²) in [4.78, 5) is 26.5. The molecule has 0 saturated carbocycles. The zero-order chi connectivity index (χ0) is 14.7. The standard InChI is InChI=1S/C13H12N2O5/c1-3-20-13(16)8-6-7-14-12-10(19-2)5-4-9(11(8)12)15(17)18/h4-7H,3H2,1-2H3. The van der Waals surface area contributed by atoms with Gasteiger partial charge in [0.1, 0.15) is 11.3 Å². The number of aromatic nitrogens is 1. The lowest BCUT2D eigenvalue weighted by Crippen LogP contribution is -2.07. The molecule has 0 radical (unpaired) electrons. The van der Waals surface area contributed by atoms with Crippen LogP contribution in [0.4, 0.5) is 5.69 Å². The van der Waals surface area contributed by atoms with Crippen LogP contribution in [0.15, 0.2) is 24.4 Å². The summed E-state index contributed by atoms with van der Waals surface area (Å²) in [7, 11) is 1.43.